The molecule has 1 spiro atoms. The van der Waals surface area contributed by atoms with Gasteiger partial charge in [-0.1, -0.05) is 67.6 Å². The standard InChI is InChI=1S/C31H33N3O4S/c1-18-14-24-25(28(36)32-16-20-8-4-3-5-9-20)26-30(38)34(19(2)17-35)27(31(18,26)39-24)29(37)33-23-13-12-21-10-6-7-11-22(21)15-23/h3-13,15,18-19,24-27,35H,14,16-17H2,1-2H3,(H,32,36)(H,33,37)/t18?,19-,24+,25-,26+,27?,31?/m1/s1. The van der Waals surface area contributed by atoms with Gasteiger partial charge in [-0.25, -0.2) is 0 Å². The number of thioether (sulfide) groups is 1. The highest BCUT2D eigenvalue weighted by atomic mass is 32.2. The quantitative estimate of drug-likeness (QED) is 0.421. The summed E-state index contributed by atoms with van der Waals surface area (Å²) in [6.45, 7) is 3.98. The van der Waals surface area contributed by atoms with E-state index in [0.717, 1.165) is 22.8 Å². The normalized spacial score (nSPS) is 29.9. The first-order valence-corrected chi connectivity index (χ1v) is 14.4. The van der Waals surface area contributed by atoms with E-state index in [9.17, 15) is 19.5 Å². The summed E-state index contributed by atoms with van der Waals surface area (Å²) in [7, 11) is 0. The van der Waals surface area contributed by atoms with Crippen molar-refractivity contribution in [1.82, 2.24) is 10.2 Å². The third kappa shape index (κ3) is 4.12. The molecule has 3 aromatic rings. The van der Waals surface area contributed by atoms with E-state index >= 15 is 0 Å². The van der Waals surface area contributed by atoms with Crippen LogP contribution < -0.4 is 10.6 Å². The second kappa shape index (κ2) is 9.99. The topological polar surface area (TPSA) is 98.7 Å². The van der Waals surface area contributed by atoms with Crippen molar-refractivity contribution in [3.63, 3.8) is 0 Å². The monoisotopic (exact) mass is 543 g/mol. The van der Waals surface area contributed by atoms with E-state index in [-0.39, 0.29) is 35.5 Å². The number of carbonyl (C=O) groups excluding carboxylic acids is 3. The first-order valence-electron chi connectivity index (χ1n) is 13.6. The summed E-state index contributed by atoms with van der Waals surface area (Å²) >= 11 is 1.63. The van der Waals surface area contributed by atoms with Crippen molar-refractivity contribution in [3.8, 4) is 0 Å². The Bertz CT molecular complexity index is 1430. The number of anilines is 1. The number of fused-ring (bicyclic) bond motifs is 2. The fourth-order valence-electron chi connectivity index (χ4n) is 7.00. The van der Waals surface area contributed by atoms with Gasteiger partial charge in [0.1, 0.15) is 6.04 Å². The predicted molar refractivity (Wildman–Crippen MR) is 153 cm³/mol. The lowest BCUT2D eigenvalue weighted by atomic mass is 9.66. The molecule has 7 nitrogen and oxygen atoms in total. The Morgan fingerprint density at radius 2 is 1.77 bits per heavy atom. The minimum atomic E-state index is -0.791. The zero-order chi connectivity index (χ0) is 27.3. The van der Waals surface area contributed by atoms with Crippen LogP contribution in [0.4, 0.5) is 5.69 Å². The number of nitrogens with zero attached hydrogens (tertiary/aromatic N) is 1. The van der Waals surface area contributed by atoms with Gasteiger partial charge in [0.05, 0.1) is 29.2 Å². The van der Waals surface area contributed by atoms with Gasteiger partial charge in [-0.05, 0) is 47.7 Å². The minimum absolute atomic E-state index is 0.0349. The molecular weight excluding hydrogens is 510 g/mol. The molecule has 3 N–H and O–H groups in total. The Hall–Kier alpha value is -3.36. The Balaban J connectivity index is 1.32. The lowest BCUT2D eigenvalue weighted by Gasteiger charge is -2.39. The van der Waals surface area contributed by atoms with Crippen LogP contribution in [0.25, 0.3) is 10.8 Å². The lowest BCUT2D eigenvalue weighted by molar-refractivity contribution is -0.141. The van der Waals surface area contributed by atoms with Crippen LogP contribution in [0.2, 0.25) is 0 Å². The van der Waals surface area contributed by atoms with Crippen molar-refractivity contribution in [2.75, 3.05) is 11.9 Å². The average Bonchev–Trinajstić information content (AvgIpc) is 3.55. The van der Waals surface area contributed by atoms with Gasteiger partial charge in [-0.15, -0.1) is 11.8 Å². The molecule has 3 aliphatic rings. The van der Waals surface area contributed by atoms with E-state index in [0.29, 0.717) is 12.2 Å². The number of carbonyl (C=O) groups is 3. The molecule has 3 unspecified atom stereocenters. The molecule has 39 heavy (non-hydrogen) atoms. The summed E-state index contributed by atoms with van der Waals surface area (Å²) in [5.74, 6) is -1.70. The van der Waals surface area contributed by atoms with E-state index in [4.69, 9.17) is 0 Å². The fourth-order valence-corrected chi connectivity index (χ4v) is 9.41. The second-order valence-electron chi connectivity index (χ2n) is 11.1. The Morgan fingerprint density at radius 3 is 2.51 bits per heavy atom. The molecular formula is C31H33N3O4S. The number of likely N-dealkylation sites (tertiary alicyclic amines) is 1. The zero-order valence-electron chi connectivity index (χ0n) is 22.0. The van der Waals surface area contributed by atoms with Gasteiger partial charge in [-0.2, -0.15) is 0 Å². The van der Waals surface area contributed by atoms with Crippen LogP contribution in [-0.4, -0.2) is 56.4 Å². The van der Waals surface area contributed by atoms with Gasteiger partial charge in [0.25, 0.3) is 0 Å². The van der Waals surface area contributed by atoms with Crippen LogP contribution in [0.1, 0.15) is 25.8 Å². The Morgan fingerprint density at radius 1 is 1.05 bits per heavy atom. The van der Waals surface area contributed by atoms with Gasteiger partial charge < -0.3 is 20.6 Å². The van der Waals surface area contributed by atoms with Crippen LogP contribution in [0.3, 0.4) is 0 Å². The fraction of sp³-hybridized carbons (Fsp3) is 0.387. The Kier molecular flexibility index (Phi) is 6.63. The second-order valence-corrected chi connectivity index (χ2v) is 12.6. The molecule has 0 aliphatic carbocycles. The molecule has 3 heterocycles. The number of rotatable bonds is 7. The Labute approximate surface area is 232 Å². The largest absolute Gasteiger partial charge is 0.394 e. The number of benzene rings is 3. The SMILES string of the molecule is CC1C[C@@H]2SC13C(C(=O)Nc1ccc4ccccc4c1)N([C@H](C)CO)C(=O)[C@@H]3[C@@H]2C(=O)NCc1ccccc1. The summed E-state index contributed by atoms with van der Waals surface area (Å²) in [4.78, 5) is 43.3. The lowest BCUT2D eigenvalue weighted by Crippen LogP contribution is -2.56. The van der Waals surface area contributed by atoms with Crippen molar-refractivity contribution < 1.29 is 19.5 Å². The van der Waals surface area contributed by atoms with E-state index in [1.807, 2.05) is 72.8 Å². The van der Waals surface area contributed by atoms with Crippen LogP contribution in [0, 0.1) is 17.8 Å². The van der Waals surface area contributed by atoms with E-state index in [2.05, 4.69) is 17.6 Å². The van der Waals surface area contributed by atoms with E-state index in [1.165, 1.54) is 0 Å². The molecule has 2 bridgehead atoms. The first-order chi connectivity index (χ1) is 18.8. The van der Waals surface area contributed by atoms with Gasteiger partial charge in [-0.3, -0.25) is 14.4 Å². The molecule has 0 saturated carbocycles. The summed E-state index contributed by atoms with van der Waals surface area (Å²) in [5, 5.41) is 18.3. The number of nitrogens with one attached hydrogen (secondary N) is 2. The third-order valence-corrected chi connectivity index (χ3v) is 10.9. The van der Waals surface area contributed by atoms with Gasteiger partial charge >= 0.3 is 0 Å². The number of aliphatic hydroxyl groups excluding tert-OH is 1. The molecule has 7 atom stereocenters. The molecule has 3 fully saturated rings. The average molecular weight is 544 g/mol. The molecule has 202 valence electrons. The van der Waals surface area contributed by atoms with Crippen LogP contribution in [0.15, 0.2) is 72.8 Å². The predicted octanol–water partition coefficient (Wildman–Crippen LogP) is 3.81. The van der Waals surface area contributed by atoms with Gasteiger partial charge in [0, 0.05) is 17.5 Å². The van der Waals surface area contributed by atoms with Gasteiger partial charge in [0.2, 0.25) is 17.7 Å². The zero-order valence-corrected chi connectivity index (χ0v) is 22.9. The number of hydrogen-bond donors (Lipinski definition) is 3. The van der Waals surface area contributed by atoms with Crippen LogP contribution >= 0.6 is 11.8 Å². The van der Waals surface area contributed by atoms with Crippen molar-refractivity contribution in [2.24, 2.45) is 17.8 Å². The number of amides is 3. The summed E-state index contributed by atoms with van der Waals surface area (Å²) in [6.07, 6.45) is 0.763. The highest BCUT2D eigenvalue weighted by Crippen LogP contribution is 2.68. The summed E-state index contributed by atoms with van der Waals surface area (Å²) in [6, 6.07) is 22.1. The number of hydrogen-bond acceptors (Lipinski definition) is 5. The van der Waals surface area contributed by atoms with Crippen molar-refractivity contribution in [3.05, 3.63) is 78.4 Å². The van der Waals surface area contributed by atoms with Crippen LogP contribution in [0.5, 0.6) is 0 Å². The first kappa shape index (κ1) is 25.9. The molecule has 6 rings (SSSR count). The highest BCUT2D eigenvalue weighted by Gasteiger charge is 2.76. The third-order valence-electron chi connectivity index (χ3n) is 8.80. The maximum Gasteiger partial charge on any atom is 0.248 e. The summed E-state index contributed by atoms with van der Waals surface area (Å²) in [5.41, 5.74) is 1.65. The van der Waals surface area contributed by atoms with Gasteiger partial charge in [0.15, 0.2) is 0 Å². The smallest absolute Gasteiger partial charge is 0.248 e. The van der Waals surface area contributed by atoms with Crippen molar-refractivity contribution >= 4 is 45.9 Å². The van der Waals surface area contributed by atoms with Crippen molar-refractivity contribution in [1.29, 1.82) is 0 Å². The molecule has 3 amide bonds. The van der Waals surface area contributed by atoms with E-state index < -0.39 is 28.7 Å². The highest BCUT2D eigenvalue weighted by molar-refractivity contribution is 8.02. The molecule has 0 aromatic heterocycles. The minimum Gasteiger partial charge on any atom is -0.394 e. The molecule has 3 aromatic carbocycles. The molecule has 3 aliphatic heterocycles. The van der Waals surface area contributed by atoms with E-state index in [1.54, 1.807) is 23.6 Å². The molecule has 3 saturated heterocycles. The molecule has 0 radical (unpaired) electrons. The number of aliphatic hydroxyl groups is 1. The molecule has 8 heteroatoms. The maximum atomic E-state index is 14.1. The van der Waals surface area contributed by atoms with Crippen molar-refractivity contribution in [2.45, 2.75) is 48.9 Å². The summed E-state index contributed by atoms with van der Waals surface area (Å²) < 4.78 is -0.735. The maximum absolute atomic E-state index is 14.1. The van der Waals surface area contributed by atoms with Crippen LogP contribution in [-0.2, 0) is 20.9 Å².